The second-order valence-electron chi connectivity index (χ2n) is 10.7. The third kappa shape index (κ3) is 12.3. The summed E-state index contributed by atoms with van der Waals surface area (Å²) in [5, 5.41) is 37.7. The molecule has 0 bridgehead atoms. The lowest BCUT2D eigenvalue weighted by molar-refractivity contribution is -0.136. The van der Waals surface area contributed by atoms with Gasteiger partial charge in [-0.2, -0.15) is 0 Å². The molecule has 0 saturated carbocycles. The van der Waals surface area contributed by atoms with Crippen LogP contribution in [0.15, 0.2) is 53.5 Å². The first-order valence-electron chi connectivity index (χ1n) is 14.6. The van der Waals surface area contributed by atoms with E-state index in [4.69, 9.17) is 11.5 Å². The van der Waals surface area contributed by atoms with Crippen LogP contribution in [-0.2, 0) is 32.0 Å². The molecule has 5 atom stereocenters. The number of aromatic hydroxyl groups is 2. The maximum atomic E-state index is 13.6. The van der Waals surface area contributed by atoms with Gasteiger partial charge in [0.1, 0.15) is 36.0 Å². The van der Waals surface area contributed by atoms with Gasteiger partial charge in [-0.1, -0.05) is 44.5 Å². The van der Waals surface area contributed by atoms with Crippen molar-refractivity contribution in [1.82, 2.24) is 16.0 Å². The predicted molar refractivity (Wildman–Crippen MR) is 165 cm³/mol. The zero-order valence-electron chi connectivity index (χ0n) is 25.1. The summed E-state index contributed by atoms with van der Waals surface area (Å²) in [6, 6.07) is 9.47. The number of carbonyl (C=O) groups is 4. The van der Waals surface area contributed by atoms with E-state index in [2.05, 4.69) is 20.9 Å². The summed E-state index contributed by atoms with van der Waals surface area (Å²) in [7, 11) is 0. The summed E-state index contributed by atoms with van der Waals surface area (Å²) in [5.41, 5.74) is 12.0. The van der Waals surface area contributed by atoms with Gasteiger partial charge in [0.15, 0.2) is 5.96 Å². The highest BCUT2D eigenvalue weighted by molar-refractivity contribution is 5.93. The molecule has 0 heterocycles. The van der Waals surface area contributed by atoms with Crippen molar-refractivity contribution >= 4 is 30.0 Å². The van der Waals surface area contributed by atoms with Crippen molar-refractivity contribution in [3.8, 4) is 11.5 Å². The van der Waals surface area contributed by atoms with Crippen molar-refractivity contribution in [3.05, 3.63) is 59.7 Å². The first kappa shape index (κ1) is 35.5. The summed E-state index contributed by atoms with van der Waals surface area (Å²) in [6.07, 6.45) is 0.818. The number of hydrogen-bond donors (Lipinski definition) is 8. The Balaban J connectivity index is 2.17. The highest BCUT2D eigenvalue weighted by Gasteiger charge is 2.31. The SMILES string of the molecule is CC[C@@H](C)[C@@H](NC(=O)[C@@H](CCc1ccc(O)cc1)NC(=O)[C@H](O)Cc1ccc(O)cc1)C(=O)N[C@@H](C=O)CCCN=C(N)N. The van der Waals surface area contributed by atoms with Gasteiger partial charge >= 0.3 is 0 Å². The first-order chi connectivity index (χ1) is 20.9. The van der Waals surface area contributed by atoms with E-state index in [9.17, 15) is 34.5 Å². The van der Waals surface area contributed by atoms with E-state index in [-0.39, 0.29) is 49.2 Å². The molecule has 2 aromatic carbocycles. The molecule has 0 unspecified atom stereocenters. The van der Waals surface area contributed by atoms with Gasteiger partial charge in [0.25, 0.3) is 0 Å². The molecule has 0 aliphatic rings. The molecular formula is C31H44N6O7. The third-order valence-electron chi connectivity index (χ3n) is 7.21. The number of nitrogens with one attached hydrogen (secondary N) is 3. The quantitative estimate of drug-likeness (QED) is 0.0503. The zero-order chi connectivity index (χ0) is 32.6. The Hall–Kier alpha value is -4.65. The van der Waals surface area contributed by atoms with Crippen LogP contribution in [0.4, 0.5) is 0 Å². The normalized spacial score (nSPS) is 14.2. The van der Waals surface area contributed by atoms with Crippen LogP contribution in [0.1, 0.15) is 50.7 Å². The summed E-state index contributed by atoms with van der Waals surface area (Å²) < 4.78 is 0. The predicted octanol–water partition coefficient (Wildman–Crippen LogP) is 0.387. The number of carbonyl (C=O) groups excluding carboxylic acids is 4. The Kier molecular flexibility index (Phi) is 14.6. The maximum Gasteiger partial charge on any atom is 0.249 e. The van der Waals surface area contributed by atoms with E-state index >= 15 is 0 Å². The largest absolute Gasteiger partial charge is 0.508 e. The molecule has 13 heteroatoms. The zero-order valence-corrected chi connectivity index (χ0v) is 25.1. The number of aliphatic imine (C=N–C) groups is 1. The molecule has 0 fully saturated rings. The lowest BCUT2D eigenvalue weighted by Gasteiger charge is -2.28. The topological polar surface area (TPSA) is 229 Å². The van der Waals surface area contributed by atoms with Crippen LogP contribution < -0.4 is 27.4 Å². The highest BCUT2D eigenvalue weighted by Crippen LogP contribution is 2.15. The van der Waals surface area contributed by atoms with Gasteiger partial charge in [0, 0.05) is 13.0 Å². The first-order valence-corrected chi connectivity index (χ1v) is 14.6. The number of phenolic OH excluding ortho intramolecular Hbond substituents is 2. The van der Waals surface area contributed by atoms with Crippen molar-refractivity contribution in [3.63, 3.8) is 0 Å². The number of aliphatic hydroxyl groups excluding tert-OH is 1. The monoisotopic (exact) mass is 612 g/mol. The number of aliphatic hydroxyl groups is 1. The lowest BCUT2D eigenvalue weighted by atomic mass is 9.96. The van der Waals surface area contributed by atoms with Gasteiger partial charge < -0.3 is 47.5 Å². The van der Waals surface area contributed by atoms with Crippen LogP contribution >= 0.6 is 0 Å². The van der Waals surface area contributed by atoms with E-state index in [1.54, 1.807) is 31.2 Å². The number of nitrogens with two attached hydrogens (primary N) is 2. The Morgan fingerprint density at radius 3 is 2.00 bits per heavy atom. The standard InChI is InChI=1S/C31H44N6O7/c1-3-19(2)27(30(44)35-22(18-38)5-4-16-34-31(32)33)37-28(42)25(15-10-20-6-11-23(39)12-7-20)36-29(43)26(41)17-21-8-13-24(40)14-9-21/h6-9,11-14,18-19,22,25-27,39-41H,3-5,10,15-17H2,1-2H3,(H,35,44)(H,36,43)(H,37,42)(H4,32,33,34)/t19-,22-,25-,26-,27-/m1/s1. The van der Waals surface area contributed by atoms with Crippen LogP contribution in [0.3, 0.4) is 0 Å². The third-order valence-corrected chi connectivity index (χ3v) is 7.21. The molecule has 0 aromatic heterocycles. The summed E-state index contributed by atoms with van der Waals surface area (Å²) in [5.74, 6) is -2.23. The van der Waals surface area contributed by atoms with E-state index in [1.807, 2.05) is 6.92 Å². The fourth-order valence-electron chi connectivity index (χ4n) is 4.38. The van der Waals surface area contributed by atoms with E-state index in [0.717, 1.165) is 5.56 Å². The minimum absolute atomic E-state index is 0.0453. The van der Waals surface area contributed by atoms with E-state index < -0.39 is 42.0 Å². The summed E-state index contributed by atoms with van der Waals surface area (Å²) >= 11 is 0. The Morgan fingerprint density at radius 1 is 0.864 bits per heavy atom. The molecule has 2 aromatic rings. The highest BCUT2D eigenvalue weighted by atomic mass is 16.3. The summed E-state index contributed by atoms with van der Waals surface area (Å²) in [4.78, 5) is 55.3. The van der Waals surface area contributed by atoms with Crippen LogP contribution in [-0.4, -0.2) is 76.1 Å². The fourth-order valence-corrected chi connectivity index (χ4v) is 4.38. The average Bonchev–Trinajstić information content (AvgIpc) is 3.00. The molecule has 0 aliphatic heterocycles. The number of aryl methyl sites for hydroxylation is 1. The van der Waals surface area contributed by atoms with Crippen LogP contribution in [0.25, 0.3) is 0 Å². The van der Waals surface area contributed by atoms with Gasteiger partial charge in [-0.05, 0) is 67.0 Å². The van der Waals surface area contributed by atoms with Crippen LogP contribution in [0.2, 0.25) is 0 Å². The van der Waals surface area contributed by atoms with E-state index in [0.29, 0.717) is 31.1 Å². The summed E-state index contributed by atoms with van der Waals surface area (Å²) in [6.45, 7) is 3.92. The van der Waals surface area contributed by atoms with Gasteiger partial charge in [-0.15, -0.1) is 0 Å². The molecule has 0 saturated heterocycles. The Morgan fingerprint density at radius 2 is 1.45 bits per heavy atom. The second-order valence-corrected chi connectivity index (χ2v) is 10.7. The maximum absolute atomic E-state index is 13.6. The number of aldehydes is 1. The van der Waals surface area contributed by atoms with Gasteiger partial charge in [-0.3, -0.25) is 19.4 Å². The minimum Gasteiger partial charge on any atom is -0.508 e. The molecule has 3 amide bonds. The van der Waals surface area contributed by atoms with Crippen molar-refractivity contribution < 1.29 is 34.5 Å². The molecule has 0 radical (unpaired) electrons. The van der Waals surface area contributed by atoms with Gasteiger partial charge in [-0.25, -0.2) is 0 Å². The van der Waals surface area contributed by atoms with Crippen LogP contribution in [0, 0.1) is 5.92 Å². The number of nitrogens with zero attached hydrogens (tertiary/aromatic N) is 1. The Bertz CT molecular complexity index is 1250. The van der Waals surface area contributed by atoms with Gasteiger partial charge in [0.2, 0.25) is 17.7 Å². The number of rotatable bonds is 18. The second kappa shape index (κ2) is 18.1. The van der Waals surface area contributed by atoms with Crippen molar-refractivity contribution in [2.45, 2.75) is 76.6 Å². The van der Waals surface area contributed by atoms with Crippen molar-refractivity contribution in [2.24, 2.45) is 22.4 Å². The molecule has 2 rings (SSSR count). The molecular weight excluding hydrogens is 568 g/mol. The molecule has 10 N–H and O–H groups in total. The Labute approximate surface area is 257 Å². The molecule has 13 nitrogen and oxygen atoms in total. The number of amides is 3. The number of hydrogen-bond acceptors (Lipinski definition) is 8. The van der Waals surface area contributed by atoms with Gasteiger partial charge in [0.05, 0.1) is 6.04 Å². The molecule has 44 heavy (non-hydrogen) atoms. The average molecular weight is 613 g/mol. The fraction of sp³-hybridized carbons (Fsp3) is 0.452. The van der Waals surface area contributed by atoms with Crippen molar-refractivity contribution in [1.29, 1.82) is 0 Å². The smallest absolute Gasteiger partial charge is 0.249 e. The molecule has 240 valence electrons. The lowest BCUT2D eigenvalue weighted by Crippen LogP contribution is -2.58. The number of guanidine groups is 1. The molecule has 0 spiro atoms. The number of benzene rings is 2. The van der Waals surface area contributed by atoms with Crippen molar-refractivity contribution in [2.75, 3.05) is 6.54 Å². The minimum atomic E-state index is -1.48. The molecule has 0 aliphatic carbocycles. The van der Waals surface area contributed by atoms with E-state index in [1.165, 1.54) is 24.3 Å². The number of phenols is 2. The van der Waals surface area contributed by atoms with Crippen LogP contribution in [0.5, 0.6) is 11.5 Å².